The second kappa shape index (κ2) is 4.11. The Morgan fingerprint density at radius 1 is 1.33 bits per heavy atom. The summed E-state index contributed by atoms with van der Waals surface area (Å²) in [5, 5.41) is 0. The molecule has 3 nitrogen and oxygen atoms in total. The summed E-state index contributed by atoms with van der Waals surface area (Å²) in [6.07, 6.45) is 0. The van der Waals surface area contributed by atoms with Crippen LogP contribution >= 0.6 is 15.9 Å². The molecule has 64 valence electrons. The van der Waals surface area contributed by atoms with Gasteiger partial charge in [-0.3, -0.25) is 16.5 Å². The lowest BCUT2D eigenvalue weighted by Crippen LogP contribution is -2.76. The van der Waals surface area contributed by atoms with Crippen LogP contribution in [0, 0.1) is 0 Å². The van der Waals surface area contributed by atoms with Gasteiger partial charge in [-0.2, -0.15) is 0 Å². The van der Waals surface area contributed by atoms with Crippen molar-refractivity contribution >= 4 is 21.9 Å². The molecule has 0 saturated carbocycles. The molecule has 0 fully saturated rings. The Balaban J connectivity index is 2.76. The first-order chi connectivity index (χ1) is 5.70. The van der Waals surface area contributed by atoms with E-state index in [1.165, 1.54) is 0 Å². The lowest BCUT2D eigenvalue weighted by Gasteiger charge is -1.97. The van der Waals surface area contributed by atoms with Gasteiger partial charge in [0.05, 0.1) is 6.54 Å². The first-order valence-electron chi connectivity index (χ1n) is 3.55. The smallest absolute Gasteiger partial charge is 0.291 e. The molecule has 0 unspecified atom stereocenters. The molecule has 0 atom stereocenters. The van der Waals surface area contributed by atoms with Gasteiger partial charge < -0.3 is 0 Å². The average Bonchev–Trinajstić information content (AvgIpc) is 2.03. The van der Waals surface area contributed by atoms with E-state index < -0.39 is 0 Å². The van der Waals surface area contributed by atoms with Gasteiger partial charge in [0, 0.05) is 4.47 Å². The van der Waals surface area contributed by atoms with Crippen LogP contribution in [0.15, 0.2) is 28.7 Å². The number of hydrogen-bond acceptors (Lipinski definition) is 0. The van der Waals surface area contributed by atoms with Crippen molar-refractivity contribution in [2.45, 2.75) is 6.54 Å². The Bertz CT molecular complexity index is 292. The molecule has 5 N–H and O–H groups in total. The Kier molecular flexibility index (Phi) is 3.10. The predicted octanol–water partition coefficient (Wildman–Crippen LogP) is -0.697. The van der Waals surface area contributed by atoms with Gasteiger partial charge in [-0.1, -0.05) is 34.1 Å². The highest BCUT2D eigenvalue weighted by molar-refractivity contribution is 9.10. The van der Waals surface area contributed by atoms with Crippen LogP contribution in [0.4, 0.5) is 0 Å². The van der Waals surface area contributed by atoms with Crippen molar-refractivity contribution in [2.75, 3.05) is 0 Å². The van der Waals surface area contributed by atoms with Crippen LogP contribution < -0.4 is 16.5 Å². The number of hydrogen-bond donors (Lipinski definition) is 3. The minimum atomic E-state index is 0.241. The molecule has 0 heterocycles. The van der Waals surface area contributed by atoms with Crippen molar-refractivity contribution < 1.29 is 4.99 Å². The van der Waals surface area contributed by atoms with Gasteiger partial charge in [-0.25, -0.2) is 0 Å². The molecule has 4 heteroatoms. The lowest BCUT2D eigenvalue weighted by molar-refractivity contribution is -0.477. The molecule has 0 bridgehead atoms. The first kappa shape index (κ1) is 9.06. The van der Waals surface area contributed by atoms with Crippen LogP contribution in [-0.2, 0) is 6.54 Å². The van der Waals surface area contributed by atoms with Crippen molar-refractivity contribution in [3.8, 4) is 0 Å². The Morgan fingerprint density at radius 3 is 2.58 bits per heavy atom. The number of nitrogens with one attached hydrogen (secondary N) is 1. The molecule has 0 aliphatic rings. The fourth-order valence-electron chi connectivity index (χ4n) is 0.839. The van der Waals surface area contributed by atoms with Gasteiger partial charge in [-0.05, 0) is 11.6 Å². The maximum absolute atomic E-state index is 5.26. The molecule has 0 amide bonds. The molecular formula is C8H11BrN3+. The molecule has 0 aromatic heterocycles. The van der Waals surface area contributed by atoms with Crippen molar-refractivity contribution in [3.05, 3.63) is 34.3 Å². The summed E-state index contributed by atoms with van der Waals surface area (Å²) in [6.45, 7) is 0.643. The van der Waals surface area contributed by atoms with E-state index in [4.69, 9.17) is 11.5 Å². The molecular weight excluding hydrogens is 218 g/mol. The fraction of sp³-hybridized carbons (Fsp3) is 0.125. The van der Waals surface area contributed by atoms with E-state index in [-0.39, 0.29) is 5.96 Å². The largest absolute Gasteiger partial charge is 0.339 e. The van der Waals surface area contributed by atoms with Gasteiger partial charge >= 0.3 is 5.96 Å². The maximum Gasteiger partial charge on any atom is 0.339 e. The maximum atomic E-state index is 5.26. The zero-order valence-corrected chi connectivity index (χ0v) is 8.14. The quantitative estimate of drug-likeness (QED) is 0.464. The highest BCUT2D eigenvalue weighted by Gasteiger charge is 1.96. The van der Waals surface area contributed by atoms with Crippen molar-refractivity contribution in [1.29, 1.82) is 0 Å². The minimum Gasteiger partial charge on any atom is -0.291 e. The average molecular weight is 229 g/mol. The highest BCUT2D eigenvalue weighted by Crippen LogP contribution is 2.13. The Morgan fingerprint density at radius 2 is 2.00 bits per heavy atom. The van der Waals surface area contributed by atoms with Crippen LogP contribution in [0.2, 0.25) is 0 Å². The molecule has 0 aliphatic carbocycles. The van der Waals surface area contributed by atoms with E-state index in [1.54, 1.807) is 0 Å². The zero-order chi connectivity index (χ0) is 8.97. The molecule has 1 aromatic carbocycles. The molecule has 0 spiro atoms. The standard InChI is InChI=1S/C8H10BrN3/c9-7-4-2-1-3-6(7)5-12-8(10)11/h1-4H,5H2,(H4,10,11,12)/p+1. The van der Waals surface area contributed by atoms with Gasteiger partial charge in [0.25, 0.3) is 0 Å². The summed E-state index contributed by atoms with van der Waals surface area (Å²) < 4.78 is 1.05. The molecule has 0 saturated heterocycles. The van der Waals surface area contributed by atoms with E-state index in [2.05, 4.69) is 20.9 Å². The summed E-state index contributed by atoms with van der Waals surface area (Å²) in [5.41, 5.74) is 11.6. The normalized spacial score (nSPS) is 9.42. The molecule has 0 radical (unpaired) electrons. The zero-order valence-electron chi connectivity index (χ0n) is 6.55. The summed E-state index contributed by atoms with van der Waals surface area (Å²) in [7, 11) is 0. The summed E-state index contributed by atoms with van der Waals surface area (Å²) in [6, 6.07) is 7.90. The van der Waals surface area contributed by atoms with Crippen LogP contribution in [0.3, 0.4) is 0 Å². The van der Waals surface area contributed by atoms with Crippen LogP contribution in [0.1, 0.15) is 5.56 Å². The van der Waals surface area contributed by atoms with E-state index >= 15 is 0 Å². The highest BCUT2D eigenvalue weighted by atomic mass is 79.9. The van der Waals surface area contributed by atoms with Gasteiger partial charge in [0.15, 0.2) is 0 Å². The molecule has 1 aromatic rings. The third-order valence-corrected chi connectivity index (χ3v) is 2.21. The van der Waals surface area contributed by atoms with Crippen LogP contribution in [0.25, 0.3) is 0 Å². The minimum absolute atomic E-state index is 0.241. The monoisotopic (exact) mass is 228 g/mol. The van der Waals surface area contributed by atoms with Crippen LogP contribution in [0.5, 0.6) is 0 Å². The molecule has 1 rings (SSSR count). The SMILES string of the molecule is NC(N)=[NH+]Cc1ccccc1Br. The molecule has 12 heavy (non-hydrogen) atoms. The second-order valence-corrected chi connectivity index (χ2v) is 3.25. The number of rotatable bonds is 2. The summed E-state index contributed by atoms with van der Waals surface area (Å²) in [5.74, 6) is 0.241. The van der Waals surface area contributed by atoms with E-state index in [1.807, 2.05) is 24.3 Å². The predicted molar refractivity (Wildman–Crippen MR) is 52.2 cm³/mol. The number of guanidine groups is 1. The van der Waals surface area contributed by atoms with Gasteiger partial charge in [0.2, 0.25) is 0 Å². The number of nitrogens with two attached hydrogens (primary N) is 2. The van der Waals surface area contributed by atoms with E-state index in [0.717, 1.165) is 10.0 Å². The topological polar surface area (TPSA) is 66.0 Å². The first-order valence-corrected chi connectivity index (χ1v) is 4.34. The number of benzene rings is 1. The van der Waals surface area contributed by atoms with E-state index in [9.17, 15) is 0 Å². The summed E-state index contributed by atoms with van der Waals surface area (Å²) in [4.78, 5) is 2.84. The lowest BCUT2D eigenvalue weighted by atomic mass is 10.2. The van der Waals surface area contributed by atoms with Crippen molar-refractivity contribution in [2.24, 2.45) is 11.5 Å². The Hall–Kier alpha value is -1.03. The third kappa shape index (κ3) is 2.54. The second-order valence-electron chi connectivity index (χ2n) is 2.40. The van der Waals surface area contributed by atoms with Gasteiger partial charge in [-0.15, -0.1) is 0 Å². The van der Waals surface area contributed by atoms with Crippen LogP contribution in [-0.4, -0.2) is 5.96 Å². The van der Waals surface area contributed by atoms with Gasteiger partial charge in [0.1, 0.15) is 0 Å². The number of halogens is 1. The Labute approximate surface area is 79.6 Å². The van der Waals surface area contributed by atoms with Crippen molar-refractivity contribution in [1.82, 2.24) is 0 Å². The fourth-order valence-corrected chi connectivity index (χ4v) is 1.26. The van der Waals surface area contributed by atoms with Crippen molar-refractivity contribution in [3.63, 3.8) is 0 Å². The van der Waals surface area contributed by atoms with E-state index in [0.29, 0.717) is 6.54 Å². The summed E-state index contributed by atoms with van der Waals surface area (Å²) >= 11 is 3.42. The third-order valence-electron chi connectivity index (χ3n) is 1.44. The molecule has 0 aliphatic heterocycles.